The molecular weight excluding hydrogens is 192 g/mol. The van der Waals surface area contributed by atoms with Crippen molar-refractivity contribution >= 4 is 17.3 Å². The van der Waals surface area contributed by atoms with Crippen molar-refractivity contribution in [3.63, 3.8) is 0 Å². The lowest BCUT2D eigenvalue weighted by Gasteiger charge is -2.03. The van der Waals surface area contributed by atoms with E-state index in [1.165, 1.54) is 12.1 Å². The number of nitro benzene ring substituents is 1. The quantitative estimate of drug-likeness (QED) is 0.587. The van der Waals surface area contributed by atoms with Gasteiger partial charge in [0.15, 0.2) is 0 Å². The maximum Gasteiger partial charge on any atom is 0.288 e. The number of benzene rings is 1. The van der Waals surface area contributed by atoms with E-state index in [0.29, 0.717) is 6.54 Å². The van der Waals surface area contributed by atoms with Gasteiger partial charge in [-0.25, -0.2) is 0 Å². The van der Waals surface area contributed by atoms with Crippen molar-refractivity contribution in [1.29, 1.82) is 0 Å². The number of rotatable bonds is 2. The first kappa shape index (κ1) is 9.95. The predicted molar refractivity (Wildman–Crippen MR) is 50.7 cm³/mol. The molecule has 0 spiro atoms. The van der Waals surface area contributed by atoms with Crippen molar-refractivity contribution in [2.45, 2.75) is 13.5 Å². The topological polar surface area (TPSA) is 69.2 Å². The van der Waals surface area contributed by atoms with Crippen LogP contribution in [0.2, 0.25) is 5.02 Å². The summed E-state index contributed by atoms with van der Waals surface area (Å²) in [7, 11) is 0. The van der Waals surface area contributed by atoms with E-state index in [0.717, 1.165) is 11.1 Å². The van der Waals surface area contributed by atoms with Crippen LogP contribution in [0.5, 0.6) is 0 Å². The van der Waals surface area contributed by atoms with Crippen LogP contribution >= 0.6 is 11.6 Å². The van der Waals surface area contributed by atoms with Gasteiger partial charge in [0.25, 0.3) is 5.69 Å². The SMILES string of the molecule is Cc1cc([N+](=O)[O-])c(Cl)cc1CN. The maximum atomic E-state index is 10.5. The summed E-state index contributed by atoms with van der Waals surface area (Å²) in [5, 5.41) is 10.6. The molecule has 2 N–H and O–H groups in total. The van der Waals surface area contributed by atoms with Crippen LogP contribution in [0.15, 0.2) is 12.1 Å². The molecule has 4 nitrogen and oxygen atoms in total. The Labute approximate surface area is 80.5 Å². The fourth-order valence-corrected chi connectivity index (χ4v) is 1.32. The molecule has 0 unspecified atom stereocenters. The Morgan fingerprint density at radius 2 is 2.23 bits per heavy atom. The second-order valence-electron chi connectivity index (χ2n) is 2.69. The Hall–Kier alpha value is -1.13. The van der Waals surface area contributed by atoms with E-state index in [2.05, 4.69) is 0 Å². The molecule has 70 valence electrons. The predicted octanol–water partition coefficient (Wildman–Crippen LogP) is 2.02. The average molecular weight is 201 g/mol. The highest BCUT2D eigenvalue weighted by Gasteiger charge is 2.13. The fraction of sp³-hybridized carbons (Fsp3) is 0.250. The summed E-state index contributed by atoms with van der Waals surface area (Å²) in [5.41, 5.74) is 6.96. The third kappa shape index (κ3) is 1.96. The van der Waals surface area contributed by atoms with Crippen molar-refractivity contribution < 1.29 is 4.92 Å². The Morgan fingerprint density at radius 1 is 1.62 bits per heavy atom. The van der Waals surface area contributed by atoms with Gasteiger partial charge in [-0.3, -0.25) is 10.1 Å². The smallest absolute Gasteiger partial charge is 0.288 e. The van der Waals surface area contributed by atoms with Crippen LogP contribution in [0.25, 0.3) is 0 Å². The molecule has 0 fully saturated rings. The first-order valence-corrected chi connectivity index (χ1v) is 4.07. The summed E-state index contributed by atoms with van der Waals surface area (Å²) in [6.45, 7) is 2.11. The Kier molecular flexibility index (Phi) is 2.85. The zero-order valence-electron chi connectivity index (χ0n) is 7.08. The molecule has 0 aliphatic heterocycles. The van der Waals surface area contributed by atoms with Crippen LogP contribution < -0.4 is 5.73 Å². The van der Waals surface area contributed by atoms with Crippen molar-refractivity contribution in [2.75, 3.05) is 0 Å². The van der Waals surface area contributed by atoms with E-state index in [4.69, 9.17) is 17.3 Å². The monoisotopic (exact) mass is 200 g/mol. The molecule has 1 aromatic rings. The molecule has 13 heavy (non-hydrogen) atoms. The van der Waals surface area contributed by atoms with Crippen LogP contribution in [-0.2, 0) is 6.54 Å². The van der Waals surface area contributed by atoms with Gasteiger partial charge in [-0.1, -0.05) is 11.6 Å². The number of nitro groups is 1. The Balaban J connectivity index is 3.28. The number of hydrogen-bond donors (Lipinski definition) is 1. The molecule has 0 bridgehead atoms. The molecular formula is C8H9ClN2O2. The molecule has 0 heterocycles. The molecule has 0 atom stereocenters. The second kappa shape index (κ2) is 3.72. The van der Waals surface area contributed by atoms with Gasteiger partial charge < -0.3 is 5.73 Å². The van der Waals surface area contributed by atoms with E-state index in [9.17, 15) is 10.1 Å². The van der Waals surface area contributed by atoms with E-state index in [1.807, 2.05) is 0 Å². The lowest BCUT2D eigenvalue weighted by molar-refractivity contribution is -0.384. The Bertz CT molecular complexity index is 352. The molecule has 1 rings (SSSR count). The second-order valence-corrected chi connectivity index (χ2v) is 3.10. The first-order valence-electron chi connectivity index (χ1n) is 3.69. The summed E-state index contributed by atoms with van der Waals surface area (Å²) in [4.78, 5) is 9.96. The van der Waals surface area contributed by atoms with Crippen LogP contribution in [0.4, 0.5) is 5.69 Å². The van der Waals surface area contributed by atoms with Gasteiger partial charge in [0, 0.05) is 12.6 Å². The first-order chi connectivity index (χ1) is 6.06. The zero-order valence-corrected chi connectivity index (χ0v) is 7.84. The van der Waals surface area contributed by atoms with Gasteiger partial charge in [0.2, 0.25) is 0 Å². The summed E-state index contributed by atoms with van der Waals surface area (Å²) >= 11 is 5.68. The number of nitrogens with two attached hydrogens (primary N) is 1. The minimum absolute atomic E-state index is 0.0728. The summed E-state index contributed by atoms with van der Waals surface area (Å²) in [6, 6.07) is 2.97. The van der Waals surface area contributed by atoms with Crippen LogP contribution in [0.3, 0.4) is 0 Å². The normalized spacial score (nSPS) is 10.1. The van der Waals surface area contributed by atoms with Crippen molar-refractivity contribution in [3.8, 4) is 0 Å². The summed E-state index contributed by atoms with van der Waals surface area (Å²) < 4.78 is 0. The number of hydrogen-bond acceptors (Lipinski definition) is 3. The van der Waals surface area contributed by atoms with Crippen molar-refractivity contribution in [3.05, 3.63) is 38.4 Å². The average Bonchev–Trinajstić information content (AvgIpc) is 2.07. The minimum Gasteiger partial charge on any atom is -0.326 e. The summed E-state index contributed by atoms with van der Waals surface area (Å²) in [5.74, 6) is 0. The third-order valence-corrected chi connectivity index (χ3v) is 2.12. The lowest BCUT2D eigenvalue weighted by atomic mass is 10.1. The van der Waals surface area contributed by atoms with Gasteiger partial charge in [0.1, 0.15) is 5.02 Å². The standard InChI is InChI=1S/C8H9ClN2O2/c1-5-2-8(11(12)13)7(9)3-6(5)4-10/h2-3H,4,10H2,1H3. The largest absolute Gasteiger partial charge is 0.326 e. The number of nitrogens with zero attached hydrogens (tertiary/aromatic N) is 1. The van der Waals surface area contributed by atoms with Gasteiger partial charge >= 0.3 is 0 Å². The van der Waals surface area contributed by atoms with E-state index in [1.54, 1.807) is 6.92 Å². The van der Waals surface area contributed by atoms with Crippen molar-refractivity contribution in [2.24, 2.45) is 5.73 Å². The van der Waals surface area contributed by atoms with Gasteiger partial charge in [-0.05, 0) is 24.1 Å². The molecule has 1 aromatic carbocycles. The summed E-state index contributed by atoms with van der Waals surface area (Å²) in [6.07, 6.45) is 0. The van der Waals surface area contributed by atoms with E-state index < -0.39 is 4.92 Å². The van der Waals surface area contributed by atoms with E-state index in [-0.39, 0.29) is 10.7 Å². The zero-order chi connectivity index (χ0) is 10.0. The lowest BCUT2D eigenvalue weighted by Crippen LogP contribution is -2.00. The molecule has 0 aliphatic carbocycles. The molecule has 0 aromatic heterocycles. The molecule has 0 aliphatic rings. The highest BCUT2D eigenvalue weighted by Crippen LogP contribution is 2.27. The molecule has 0 saturated carbocycles. The van der Waals surface area contributed by atoms with Gasteiger partial charge in [-0.15, -0.1) is 0 Å². The van der Waals surface area contributed by atoms with Gasteiger partial charge in [-0.2, -0.15) is 0 Å². The molecule has 0 saturated heterocycles. The molecule has 0 radical (unpaired) electrons. The van der Waals surface area contributed by atoms with Crippen LogP contribution in [0, 0.1) is 17.0 Å². The number of aryl methyl sites for hydroxylation is 1. The Morgan fingerprint density at radius 3 is 2.69 bits per heavy atom. The van der Waals surface area contributed by atoms with Crippen molar-refractivity contribution in [1.82, 2.24) is 0 Å². The number of halogens is 1. The third-order valence-electron chi connectivity index (χ3n) is 1.82. The minimum atomic E-state index is -0.504. The highest BCUT2D eigenvalue weighted by molar-refractivity contribution is 6.32. The maximum absolute atomic E-state index is 10.5. The van der Waals surface area contributed by atoms with E-state index >= 15 is 0 Å². The van der Waals surface area contributed by atoms with Crippen LogP contribution in [-0.4, -0.2) is 4.92 Å². The fourth-order valence-electron chi connectivity index (χ4n) is 1.07. The highest BCUT2D eigenvalue weighted by atomic mass is 35.5. The molecule has 0 amide bonds. The van der Waals surface area contributed by atoms with Gasteiger partial charge in [0.05, 0.1) is 4.92 Å². The molecule has 5 heteroatoms. The van der Waals surface area contributed by atoms with Crippen LogP contribution in [0.1, 0.15) is 11.1 Å².